The molecule has 0 radical (unpaired) electrons. The van der Waals surface area contributed by atoms with Gasteiger partial charge in [0.1, 0.15) is 11.4 Å². The minimum atomic E-state index is -0.296. The molecule has 4 nitrogen and oxygen atoms in total. The van der Waals surface area contributed by atoms with Crippen LogP contribution in [0.2, 0.25) is 0 Å². The highest BCUT2D eigenvalue weighted by molar-refractivity contribution is 5.34. The van der Waals surface area contributed by atoms with Gasteiger partial charge in [0, 0.05) is 18.6 Å². The third-order valence-corrected chi connectivity index (χ3v) is 3.47. The van der Waals surface area contributed by atoms with Gasteiger partial charge in [-0.15, -0.1) is 0 Å². The molecule has 0 aliphatic heterocycles. The highest BCUT2D eigenvalue weighted by atomic mass is 16.5. The number of nitrogens with two attached hydrogens (primary N) is 1. The van der Waals surface area contributed by atoms with Crippen LogP contribution in [0.25, 0.3) is 0 Å². The number of nitrogens with zero attached hydrogens (tertiary/aromatic N) is 2. The second kappa shape index (κ2) is 3.95. The summed E-state index contributed by atoms with van der Waals surface area (Å²) in [7, 11) is 1.72. The van der Waals surface area contributed by atoms with Gasteiger partial charge in [0.15, 0.2) is 5.82 Å². The summed E-state index contributed by atoms with van der Waals surface area (Å²) in [4.78, 5) is 9.01. The zero-order chi connectivity index (χ0) is 12.7. The van der Waals surface area contributed by atoms with Crippen molar-refractivity contribution in [1.29, 1.82) is 0 Å². The Balaban J connectivity index is 2.45. The van der Waals surface area contributed by atoms with Gasteiger partial charge in [-0.25, -0.2) is 9.97 Å². The fraction of sp³-hybridized carbons (Fsp3) is 0.692. The zero-order valence-electron chi connectivity index (χ0n) is 11.1. The molecular weight excluding hydrogens is 214 g/mol. The van der Waals surface area contributed by atoms with Crippen LogP contribution in [-0.2, 0) is 15.8 Å². The van der Waals surface area contributed by atoms with E-state index in [4.69, 9.17) is 10.5 Å². The Labute approximate surface area is 103 Å². The number of hydrogen-bond donors (Lipinski definition) is 1. The molecule has 2 N–H and O–H groups in total. The van der Waals surface area contributed by atoms with Crippen LogP contribution in [0.4, 0.5) is 5.82 Å². The third-order valence-electron chi connectivity index (χ3n) is 3.47. The molecule has 17 heavy (non-hydrogen) atoms. The van der Waals surface area contributed by atoms with Crippen molar-refractivity contribution < 1.29 is 4.74 Å². The first kappa shape index (κ1) is 12.3. The van der Waals surface area contributed by atoms with Crippen molar-refractivity contribution >= 4 is 5.82 Å². The number of aromatic nitrogens is 2. The van der Waals surface area contributed by atoms with Crippen molar-refractivity contribution in [3.63, 3.8) is 0 Å². The number of anilines is 1. The maximum atomic E-state index is 5.88. The Morgan fingerprint density at radius 3 is 2.35 bits per heavy atom. The van der Waals surface area contributed by atoms with Gasteiger partial charge < -0.3 is 10.5 Å². The Hall–Kier alpha value is -1.16. The summed E-state index contributed by atoms with van der Waals surface area (Å²) < 4.78 is 5.60. The summed E-state index contributed by atoms with van der Waals surface area (Å²) in [6.45, 7) is 6.37. The molecule has 0 saturated heterocycles. The lowest BCUT2D eigenvalue weighted by Gasteiger charge is -2.39. The molecule has 0 bridgehead atoms. The third kappa shape index (κ3) is 2.14. The average molecular weight is 235 g/mol. The lowest BCUT2D eigenvalue weighted by atomic mass is 9.79. The summed E-state index contributed by atoms with van der Waals surface area (Å²) >= 11 is 0. The first-order valence-electron chi connectivity index (χ1n) is 6.08. The quantitative estimate of drug-likeness (QED) is 0.855. The minimum Gasteiger partial charge on any atom is -0.384 e. The maximum Gasteiger partial charge on any atom is 0.162 e. The lowest BCUT2D eigenvalue weighted by Crippen LogP contribution is -2.38. The van der Waals surface area contributed by atoms with Gasteiger partial charge in [-0.05, 0) is 19.3 Å². The van der Waals surface area contributed by atoms with Crippen LogP contribution < -0.4 is 5.73 Å². The van der Waals surface area contributed by atoms with Crippen molar-refractivity contribution in [1.82, 2.24) is 9.97 Å². The van der Waals surface area contributed by atoms with E-state index in [9.17, 15) is 0 Å². The molecule has 0 atom stereocenters. The van der Waals surface area contributed by atoms with E-state index in [0.29, 0.717) is 5.82 Å². The van der Waals surface area contributed by atoms with Gasteiger partial charge in [0.2, 0.25) is 0 Å². The molecule has 4 heteroatoms. The Kier molecular flexibility index (Phi) is 2.86. The number of ether oxygens (including phenoxy) is 1. The van der Waals surface area contributed by atoms with Gasteiger partial charge in [0.25, 0.3) is 0 Å². The molecule has 0 unspecified atom stereocenters. The second-order valence-electron chi connectivity index (χ2n) is 5.80. The molecule has 1 aromatic heterocycles. The van der Waals surface area contributed by atoms with Crippen LogP contribution in [-0.4, -0.2) is 17.1 Å². The molecule has 94 valence electrons. The largest absolute Gasteiger partial charge is 0.384 e. The molecule has 1 fully saturated rings. The Morgan fingerprint density at radius 1 is 1.29 bits per heavy atom. The van der Waals surface area contributed by atoms with E-state index in [0.717, 1.165) is 30.8 Å². The van der Waals surface area contributed by atoms with Crippen LogP contribution in [0.15, 0.2) is 6.07 Å². The predicted molar refractivity (Wildman–Crippen MR) is 67.7 cm³/mol. The highest BCUT2D eigenvalue weighted by Gasteiger charge is 2.42. The van der Waals surface area contributed by atoms with Crippen LogP contribution in [0.3, 0.4) is 0 Å². The van der Waals surface area contributed by atoms with Crippen molar-refractivity contribution in [2.24, 2.45) is 0 Å². The van der Waals surface area contributed by atoms with E-state index in [1.165, 1.54) is 0 Å². The molecule has 0 spiro atoms. The summed E-state index contributed by atoms with van der Waals surface area (Å²) in [5, 5.41) is 0. The van der Waals surface area contributed by atoms with E-state index in [2.05, 4.69) is 30.7 Å². The minimum absolute atomic E-state index is 0.0233. The number of nitrogen functional groups attached to an aromatic ring is 1. The number of hydrogen-bond acceptors (Lipinski definition) is 4. The van der Waals surface area contributed by atoms with Crippen molar-refractivity contribution in [3.8, 4) is 0 Å². The van der Waals surface area contributed by atoms with E-state index in [-0.39, 0.29) is 11.0 Å². The van der Waals surface area contributed by atoms with Crippen LogP contribution in [0.5, 0.6) is 0 Å². The Morgan fingerprint density at radius 2 is 1.94 bits per heavy atom. The topological polar surface area (TPSA) is 61.0 Å². The average Bonchev–Trinajstić information content (AvgIpc) is 2.14. The molecule has 1 aromatic rings. The predicted octanol–water partition coefficient (Wildman–Crippen LogP) is 2.38. The fourth-order valence-electron chi connectivity index (χ4n) is 2.07. The molecule has 2 rings (SSSR count). The zero-order valence-corrected chi connectivity index (χ0v) is 11.1. The fourth-order valence-corrected chi connectivity index (χ4v) is 2.07. The summed E-state index contributed by atoms with van der Waals surface area (Å²) in [6.07, 6.45) is 3.13. The summed E-state index contributed by atoms with van der Waals surface area (Å²) in [5.41, 5.74) is 6.54. The SMILES string of the molecule is COC1(c2nc(N)cc(C(C)(C)C)n2)CCC1. The number of methoxy groups -OCH3 is 1. The van der Waals surface area contributed by atoms with E-state index >= 15 is 0 Å². The summed E-state index contributed by atoms with van der Waals surface area (Å²) in [6, 6.07) is 1.85. The first-order valence-corrected chi connectivity index (χ1v) is 6.08. The molecule has 1 aliphatic carbocycles. The lowest BCUT2D eigenvalue weighted by molar-refractivity contribution is -0.0847. The molecule has 0 aromatic carbocycles. The van der Waals surface area contributed by atoms with Gasteiger partial charge in [-0.3, -0.25) is 0 Å². The van der Waals surface area contributed by atoms with E-state index < -0.39 is 0 Å². The molecule has 1 saturated carbocycles. The van der Waals surface area contributed by atoms with Gasteiger partial charge in [-0.2, -0.15) is 0 Å². The normalized spacial score (nSPS) is 18.8. The summed E-state index contributed by atoms with van der Waals surface area (Å²) in [5.74, 6) is 1.28. The standard InChI is InChI=1S/C13H21N3O/c1-12(2,3)9-8-10(14)16-11(15-9)13(17-4)6-5-7-13/h8H,5-7H2,1-4H3,(H2,14,15,16). The van der Waals surface area contributed by atoms with E-state index in [1.807, 2.05) is 6.07 Å². The first-order chi connectivity index (χ1) is 7.87. The van der Waals surface area contributed by atoms with Crippen molar-refractivity contribution in [2.45, 2.75) is 51.0 Å². The van der Waals surface area contributed by atoms with Crippen molar-refractivity contribution in [3.05, 3.63) is 17.6 Å². The second-order valence-corrected chi connectivity index (χ2v) is 5.80. The van der Waals surface area contributed by atoms with Crippen LogP contribution in [0.1, 0.15) is 51.6 Å². The van der Waals surface area contributed by atoms with Crippen LogP contribution >= 0.6 is 0 Å². The van der Waals surface area contributed by atoms with Gasteiger partial charge in [-0.1, -0.05) is 20.8 Å². The van der Waals surface area contributed by atoms with Crippen LogP contribution in [0, 0.1) is 0 Å². The monoisotopic (exact) mass is 235 g/mol. The van der Waals surface area contributed by atoms with Gasteiger partial charge in [0.05, 0.1) is 5.69 Å². The molecular formula is C13H21N3O. The van der Waals surface area contributed by atoms with Crippen molar-refractivity contribution in [2.75, 3.05) is 12.8 Å². The molecule has 1 heterocycles. The van der Waals surface area contributed by atoms with E-state index in [1.54, 1.807) is 7.11 Å². The number of rotatable bonds is 2. The Bertz CT molecular complexity index is 414. The molecule has 0 amide bonds. The highest BCUT2D eigenvalue weighted by Crippen LogP contribution is 2.43. The smallest absolute Gasteiger partial charge is 0.162 e. The van der Waals surface area contributed by atoms with Gasteiger partial charge >= 0.3 is 0 Å². The molecule has 1 aliphatic rings. The maximum absolute atomic E-state index is 5.88.